The third kappa shape index (κ3) is 4.89. The summed E-state index contributed by atoms with van der Waals surface area (Å²) < 4.78 is 27.9. The van der Waals surface area contributed by atoms with Gasteiger partial charge < -0.3 is 5.73 Å². The van der Waals surface area contributed by atoms with Crippen LogP contribution in [0, 0.1) is 5.41 Å². The third-order valence-corrected chi connectivity index (χ3v) is 4.66. The van der Waals surface area contributed by atoms with Crippen LogP contribution in [0.4, 0.5) is 0 Å². The van der Waals surface area contributed by atoms with E-state index in [2.05, 4.69) is 25.5 Å². The molecule has 0 atom stereocenters. The molecule has 0 unspecified atom stereocenters. The van der Waals surface area contributed by atoms with E-state index in [-0.39, 0.29) is 16.9 Å². The van der Waals surface area contributed by atoms with Crippen molar-refractivity contribution < 1.29 is 8.42 Å². The standard InChI is InChI=1S/C15H26N2O2S/c1-14(2,3)11-15(4,5)17-20(18,19)13-9-7-6-8-12(13)10-16/h6-9,17H,10-11,16H2,1-5H3. The fourth-order valence-electron chi connectivity index (χ4n) is 2.72. The number of benzene rings is 1. The van der Waals surface area contributed by atoms with E-state index in [4.69, 9.17) is 5.73 Å². The molecule has 0 aromatic heterocycles. The molecule has 114 valence electrons. The van der Waals surface area contributed by atoms with Crippen molar-refractivity contribution in [2.75, 3.05) is 0 Å². The first kappa shape index (κ1) is 17.1. The van der Waals surface area contributed by atoms with Crippen LogP contribution in [0.25, 0.3) is 0 Å². The summed E-state index contributed by atoms with van der Waals surface area (Å²) in [4.78, 5) is 0.268. The number of hydrogen-bond donors (Lipinski definition) is 2. The Morgan fingerprint density at radius 1 is 1.10 bits per heavy atom. The van der Waals surface area contributed by atoms with E-state index in [0.29, 0.717) is 5.56 Å². The Labute approximate surface area is 122 Å². The lowest BCUT2D eigenvalue weighted by Gasteiger charge is -2.33. The van der Waals surface area contributed by atoms with Crippen LogP contribution in [0.15, 0.2) is 29.2 Å². The van der Waals surface area contributed by atoms with Gasteiger partial charge >= 0.3 is 0 Å². The molecule has 0 saturated heterocycles. The van der Waals surface area contributed by atoms with Gasteiger partial charge in [-0.2, -0.15) is 0 Å². The second kappa shape index (κ2) is 5.84. The second-order valence-electron chi connectivity index (χ2n) is 7.04. The van der Waals surface area contributed by atoms with E-state index in [9.17, 15) is 8.42 Å². The average Bonchev–Trinajstić information content (AvgIpc) is 2.24. The molecule has 0 bridgehead atoms. The summed E-state index contributed by atoms with van der Waals surface area (Å²) in [6, 6.07) is 6.84. The summed E-state index contributed by atoms with van der Waals surface area (Å²) in [5.41, 5.74) is 5.78. The van der Waals surface area contributed by atoms with E-state index in [1.807, 2.05) is 13.8 Å². The van der Waals surface area contributed by atoms with Gasteiger partial charge in [-0.25, -0.2) is 13.1 Å². The number of rotatable bonds is 5. The molecule has 3 N–H and O–H groups in total. The van der Waals surface area contributed by atoms with Crippen LogP contribution < -0.4 is 10.5 Å². The maximum absolute atomic E-state index is 12.5. The van der Waals surface area contributed by atoms with Gasteiger partial charge in [0.25, 0.3) is 0 Å². The van der Waals surface area contributed by atoms with Crippen molar-refractivity contribution in [3.63, 3.8) is 0 Å². The maximum atomic E-state index is 12.5. The number of nitrogens with two attached hydrogens (primary N) is 1. The van der Waals surface area contributed by atoms with Crippen LogP contribution in [-0.2, 0) is 16.6 Å². The van der Waals surface area contributed by atoms with Crippen LogP contribution >= 0.6 is 0 Å². The molecule has 1 rings (SSSR count). The fraction of sp³-hybridized carbons (Fsp3) is 0.600. The predicted molar refractivity (Wildman–Crippen MR) is 82.8 cm³/mol. The van der Waals surface area contributed by atoms with E-state index in [1.165, 1.54) is 0 Å². The maximum Gasteiger partial charge on any atom is 0.241 e. The first-order valence-corrected chi connectivity index (χ1v) is 8.27. The molecule has 0 amide bonds. The SMILES string of the molecule is CC(C)(C)CC(C)(C)NS(=O)(=O)c1ccccc1CN. The molecule has 0 heterocycles. The van der Waals surface area contributed by atoms with Crippen molar-refractivity contribution in [2.45, 2.75) is 58.0 Å². The van der Waals surface area contributed by atoms with Gasteiger partial charge in [0.05, 0.1) is 4.90 Å². The van der Waals surface area contributed by atoms with Gasteiger partial charge in [-0.05, 0) is 37.3 Å². The number of nitrogens with one attached hydrogen (secondary N) is 1. The molecule has 0 saturated carbocycles. The van der Waals surface area contributed by atoms with Crippen LogP contribution in [0.5, 0.6) is 0 Å². The smallest absolute Gasteiger partial charge is 0.241 e. The molecule has 0 aliphatic rings. The lowest BCUT2D eigenvalue weighted by molar-refractivity contribution is 0.269. The minimum atomic E-state index is -3.56. The highest BCUT2D eigenvalue weighted by Gasteiger charge is 2.31. The zero-order valence-electron chi connectivity index (χ0n) is 13.0. The van der Waals surface area contributed by atoms with Gasteiger partial charge in [0.15, 0.2) is 0 Å². The van der Waals surface area contributed by atoms with E-state index in [0.717, 1.165) is 6.42 Å². The molecule has 0 radical (unpaired) electrons. The van der Waals surface area contributed by atoms with Crippen molar-refractivity contribution in [3.05, 3.63) is 29.8 Å². The van der Waals surface area contributed by atoms with E-state index >= 15 is 0 Å². The molecule has 0 fully saturated rings. The highest BCUT2D eigenvalue weighted by molar-refractivity contribution is 7.89. The summed E-state index contributed by atoms with van der Waals surface area (Å²) in [6.45, 7) is 10.3. The fourth-order valence-corrected chi connectivity index (χ4v) is 4.38. The van der Waals surface area contributed by atoms with Gasteiger partial charge in [0.2, 0.25) is 10.0 Å². The average molecular weight is 298 g/mol. The Bertz CT molecular complexity index is 557. The number of sulfonamides is 1. The van der Waals surface area contributed by atoms with E-state index < -0.39 is 15.6 Å². The van der Waals surface area contributed by atoms with Gasteiger partial charge in [-0.15, -0.1) is 0 Å². The molecule has 0 spiro atoms. The van der Waals surface area contributed by atoms with Crippen molar-refractivity contribution in [1.82, 2.24) is 4.72 Å². The first-order chi connectivity index (χ1) is 8.97. The molecular formula is C15H26N2O2S. The summed E-state index contributed by atoms with van der Waals surface area (Å²) >= 11 is 0. The van der Waals surface area contributed by atoms with Gasteiger partial charge in [0, 0.05) is 12.1 Å². The van der Waals surface area contributed by atoms with Crippen molar-refractivity contribution in [1.29, 1.82) is 0 Å². The van der Waals surface area contributed by atoms with Gasteiger partial charge in [0.1, 0.15) is 0 Å². The van der Waals surface area contributed by atoms with Gasteiger partial charge in [-0.1, -0.05) is 39.0 Å². The largest absolute Gasteiger partial charge is 0.326 e. The second-order valence-corrected chi connectivity index (χ2v) is 8.69. The molecule has 0 aliphatic carbocycles. The molecule has 4 nitrogen and oxygen atoms in total. The van der Waals surface area contributed by atoms with Crippen molar-refractivity contribution >= 4 is 10.0 Å². The minimum Gasteiger partial charge on any atom is -0.326 e. The third-order valence-electron chi connectivity index (χ3n) is 2.86. The van der Waals surface area contributed by atoms with Crippen molar-refractivity contribution in [3.8, 4) is 0 Å². The monoisotopic (exact) mass is 298 g/mol. The quantitative estimate of drug-likeness (QED) is 0.877. The Hall–Kier alpha value is -0.910. The highest BCUT2D eigenvalue weighted by Crippen LogP contribution is 2.28. The summed E-state index contributed by atoms with van der Waals surface area (Å²) in [5, 5.41) is 0. The zero-order valence-corrected chi connectivity index (χ0v) is 13.8. The van der Waals surface area contributed by atoms with Gasteiger partial charge in [-0.3, -0.25) is 0 Å². The lowest BCUT2D eigenvalue weighted by Crippen LogP contribution is -2.45. The zero-order chi connectivity index (χ0) is 15.6. The first-order valence-electron chi connectivity index (χ1n) is 6.79. The molecule has 0 aliphatic heterocycles. The Balaban J connectivity index is 3.06. The van der Waals surface area contributed by atoms with Crippen LogP contribution in [0.3, 0.4) is 0 Å². The minimum absolute atomic E-state index is 0.0411. The normalized spacial score (nSPS) is 13.5. The molecule has 1 aromatic carbocycles. The van der Waals surface area contributed by atoms with Crippen LogP contribution in [0.2, 0.25) is 0 Å². The summed E-state index contributed by atoms with van der Waals surface area (Å²) in [6.07, 6.45) is 0.740. The number of hydrogen-bond acceptors (Lipinski definition) is 3. The topological polar surface area (TPSA) is 72.2 Å². The molecule has 1 aromatic rings. The lowest BCUT2D eigenvalue weighted by atomic mass is 9.82. The Morgan fingerprint density at radius 2 is 1.65 bits per heavy atom. The Morgan fingerprint density at radius 3 is 2.15 bits per heavy atom. The van der Waals surface area contributed by atoms with Crippen LogP contribution in [-0.4, -0.2) is 14.0 Å². The van der Waals surface area contributed by atoms with E-state index in [1.54, 1.807) is 24.3 Å². The summed E-state index contributed by atoms with van der Waals surface area (Å²) in [7, 11) is -3.56. The predicted octanol–water partition coefficient (Wildman–Crippen LogP) is 2.64. The Kier molecular flexibility index (Phi) is 5.00. The molecular weight excluding hydrogens is 272 g/mol. The van der Waals surface area contributed by atoms with Crippen molar-refractivity contribution in [2.24, 2.45) is 11.1 Å². The molecule has 20 heavy (non-hydrogen) atoms. The molecule has 5 heteroatoms. The highest BCUT2D eigenvalue weighted by atomic mass is 32.2. The summed E-state index contributed by atoms with van der Waals surface area (Å²) in [5.74, 6) is 0. The van der Waals surface area contributed by atoms with Crippen LogP contribution in [0.1, 0.15) is 46.6 Å².